The molecule has 0 saturated heterocycles. The van der Waals surface area contributed by atoms with Crippen molar-refractivity contribution in [1.29, 1.82) is 0 Å². The molecular weight excluding hydrogens is 591 g/mol. The molecule has 0 aliphatic heterocycles. The summed E-state index contributed by atoms with van der Waals surface area (Å²) < 4.78 is 5.07. The molecule has 47 heavy (non-hydrogen) atoms. The van der Waals surface area contributed by atoms with Crippen LogP contribution in [-0.4, -0.2) is 14.5 Å². The van der Waals surface area contributed by atoms with Crippen LogP contribution < -0.4 is 0 Å². The Morgan fingerprint density at radius 2 is 1.30 bits per heavy atom. The average molecular weight is 620 g/mol. The second-order valence-corrected chi connectivity index (χ2v) is 14.0. The van der Waals surface area contributed by atoms with E-state index in [0.717, 1.165) is 39.6 Å². The molecule has 222 valence electrons. The SMILES string of the molecule is CC1(C)c2ccccc2-c2c(-c3ccccc3)nc(-c3ccc(-n4c5ccccc5c5c6sc7ccccc7c6ccc54)cc3)nc21. The normalized spacial score (nSPS) is 13.5. The highest BCUT2D eigenvalue weighted by atomic mass is 32.1. The Balaban J connectivity index is 1.16. The largest absolute Gasteiger partial charge is 0.309 e. The average Bonchev–Trinajstić information content (AvgIpc) is 3.74. The number of nitrogens with zero attached hydrogens (tertiary/aromatic N) is 3. The first-order chi connectivity index (χ1) is 23.1. The van der Waals surface area contributed by atoms with Gasteiger partial charge in [-0.05, 0) is 53.6 Å². The second kappa shape index (κ2) is 9.71. The van der Waals surface area contributed by atoms with Crippen LogP contribution in [0.5, 0.6) is 0 Å². The zero-order chi connectivity index (χ0) is 31.3. The summed E-state index contributed by atoms with van der Waals surface area (Å²) >= 11 is 1.89. The molecule has 4 heteroatoms. The van der Waals surface area contributed by atoms with E-state index in [1.54, 1.807) is 0 Å². The summed E-state index contributed by atoms with van der Waals surface area (Å²) in [4.78, 5) is 10.6. The molecule has 0 radical (unpaired) electrons. The molecule has 1 aliphatic rings. The molecule has 0 bridgehead atoms. The Kier molecular flexibility index (Phi) is 5.50. The fourth-order valence-corrected chi connectivity index (χ4v) is 9.01. The Morgan fingerprint density at radius 1 is 0.574 bits per heavy atom. The second-order valence-electron chi connectivity index (χ2n) is 13.0. The molecule has 3 heterocycles. The number of para-hydroxylation sites is 1. The van der Waals surface area contributed by atoms with Crippen LogP contribution in [0.4, 0.5) is 0 Å². The van der Waals surface area contributed by atoms with Gasteiger partial charge in [-0.3, -0.25) is 0 Å². The monoisotopic (exact) mass is 619 g/mol. The van der Waals surface area contributed by atoms with Crippen molar-refractivity contribution < 1.29 is 0 Å². The van der Waals surface area contributed by atoms with Crippen molar-refractivity contribution in [2.24, 2.45) is 0 Å². The molecule has 0 unspecified atom stereocenters. The highest BCUT2D eigenvalue weighted by Gasteiger charge is 2.39. The van der Waals surface area contributed by atoms with E-state index in [1.165, 1.54) is 53.1 Å². The van der Waals surface area contributed by atoms with E-state index in [-0.39, 0.29) is 5.41 Å². The van der Waals surface area contributed by atoms with Gasteiger partial charge in [-0.25, -0.2) is 9.97 Å². The lowest BCUT2D eigenvalue weighted by atomic mass is 9.85. The van der Waals surface area contributed by atoms with Gasteiger partial charge in [0.05, 0.1) is 22.4 Å². The molecule has 0 amide bonds. The van der Waals surface area contributed by atoms with Crippen molar-refractivity contribution in [3.05, 3.63) is 151 Å². The Labute approximate surface area is 276 Å². The molecule has 3 nitrogen and oxygen atoms in total. The maximum Gasteiger partial charge on any atom is 0.160 e. The van der Waals surface area contributed by atoms with Crippen molar-refractivity contribution in [2.75, 3.05) is 0 Å². The van der Waals surface area contributed by atoms with E-state index in [0.29, 0.717) is 0 Å². The van der Waals surface area contributed by atoms with Crippen LogP contribution in [-0.2, 0) is 5.41 Å². The smallest absolute Gasteiger partial charge is 0.160 e. The fraction of sp³-hybridized carbons (Fsp3) is 0.0698. The summed E-state index contributed by atoms with van der Waals surface area (Å²) in [5.41, 5.74) is 11.2. The molecule has 0 fully saturated rings. The van der Waals surface area contributed by atoms with Crippen molar-refractivity contribution >= 4 is 53.3 Å². The maximum atomic E-state index is 5.31. The molecule has 0 N–H and O–H groups in total. The molecule has 0 saturated carbocycles. The minimum Gasteiger partial charge on any atom is -0.309 e. The first-order valence-corrected chi connectivity index (χ1v) is 16.9. The maximum absolute atomic E-state index is 5.31. The predicted octanol–water partition coefficient (Wildman–Crippen LogP) is 11.6. The number of hydrogen-bond donors (Lipinski definition) is 0. The number of aromatic nitrogens is 3. The Morgan fingerprint density at radius 3 is 2.15 bits per heavy atom. The quantitative estimate of drug-likeness (QED) is 0.197. The molecule has 9 aromatic rings. The molecule has 0 atom stereocenters. The van der Waals surface area contributed by atoms with E-state index < -0.39 is 0 Å². The van der Waals surface area contributed by atoms with Gasteiger partial charge in [-0.2, -0.15) is 0 Å². The number of fused-ring (bicyclic) bond motifs is 10. The topological polar surface area (TPSA) is 30.7 Å². The van der Waals surface area contributed by atoms with Crippen LogP contribution in [0.15, 0.2) is 140 Å². The van der Waals surface area contributed by atoms with Gasteiger partial charge in [0.2, 0.25) is 0 Å². The molecular formula is C43H29N3S. The lowest BCUT2D eigenvalue weighted by Gasteiger charge is -2.21. The first-order valence-electron chi connectivity index (χ1n) is 16.1. The summed E-state index contributed by atoms with van der Waals surface area (Å²) in [6.45, 7) is 4.56. The van der Waals surface area contributed by atoms with E-state index >= 15 is 0 Å². The summed E-state index contributed by atoms with van der Waals surface area (Å²) in [5, 5.41) is 5.25. The van der Waals surface area contributed by atoms with E-state index in [1.807, 2.05) is 11.3 Å². The van der Waals surface area contributed by atoms with Crippen LogP contribution in [0.1, 0.15) is 25.1 Å². The summed E-state index contributed by atoms with van der Waals surface area (Å²) in [6, 6.07) is 50.1. The lowest BCUT2D eigenvalue weighted by Crippen LogP contribution is -2.17. The Bertz CT molecular complexity index is 2700. The number of thiophene rings is 1. The van der Waals surface area contributed by atoms with Crippen molar-refractivity contribution in [1.82, 2.24) is 14.5 Å². The predicted molar refractivity (Wildman–Crippen MR) is 198 cm³/mol. The van der Waals surface area contributed by atoms with Gasteiger partial charge < -0.3 is 4.57 Å². The third-order valence-electron chi connectivity index (χ3n) is 9.98. The fourth-order valence-electron chi connectivity index (χ4n) is 7.75. The van der Waals surface area contributed by atoms with Crippen molar-refractivity contribution in [3.8, 4) is 39.5 Å². The highest BCUT2D eigenvalue weighted by Crippen LogP contribution is 2.51. The standard InChI is InChI=1S/C43H29N3S/c1-43(2)33-17-9-6-15-31(33)38-39(26-12-4-3-5-13-26)44-42(45-41(38)43)27-20-22-28(23-21-27)46-34-18-10-7-16-32(34)37-35(46)25-24-30-29-14-8-11-19-36(29)47-40(30)37/h3-25H,1-2H3. The minimum absolute atomic E-state index is 0.228. The third kappa shape index (κ3) is 3.73. The molecule has 0 spiro atoms. The number of benzene rings is 6. The lowest BCUT2D eigenvalue weighted by molar-refractivity contribution is 0.636. The minimum atomic E-state index is -0.228. The number of hydrogen-bond acceptors (Lipinski definition) is 3. The molecule has 1 aliphatic carbocycles. The highest BCUT2D eigenvalue weighted by molar-refractivity contribution is 7.26. The van der Waals surface area contributed by atoms with Gasteiger partial charge in [-0.15, -0.1) is 11.3 Å². The van der Waals surface area contributed by atoms with Gasteiger partial charge in [0.15, 0.2) is 5.82 Å². The van der Waals surface area contributed by atoms with Crippen LogP contribution >= 0.6 is 11.3 Å². The van der Waals surface area contributed by atoms with E-state index in [4.69, 9.17) is 9.97 Å². The molecule has 3 aromatic heterocycles. The van der Waals surface area contributed by atoms with Gasteiger partial charge in [-0.1, -0.05) is 111 Å². The first kappa shape index (κ1) is 26.6. The Hall–Kier alpha value is -5.58. The van der Waals surface area contributed by atoms with Crippen LogP contribution in [0.2, 0.25) is 0 Å². The zero-order valence-electron chi connectivity index (χ0n) is 26.0. The summed E-state index contributed by atoms with van der Waals surface area (Å²) in [5.74, 6) is 0.754. The van der Waals surface area contributed by atoms with Crippen LogP contribution in [0, 0.1) is 0 Å². The van der Waals surface area contributed by atoms with Crippen LogP contribution in [0.25, 0.3) is 81.4 Å². The van der Waals surface area contributed by atoms with Crippen molar-refractivity contribution in [3.63, 3.8) is 0 Å². The van der Waals surface area contributed by atoms with Crippen LogP contribution in [0.3, 0.4) is 0 Å². The van der Waals surface area contributed by atoms with Gasteiger partial charge in [0.25, 0.3) is 0 Å². The van der Waals surface area contributed by atoms with Gasteiger partial charge in [0.1, 0.15) is 0 Å². The molecule has 10 rings (SSSR count). The third-order valence-corrected chi connectivity index (χ3v) is 11.2. The zero-order valence-corrected chi connectivity index (χ0v) is 26.8. The van der Waals surface area contributed by atoms with Gasteiger partial charge >= 0.3 is 0 Å². The summed E-state index contributed by atoms with van der Waals surface area (Å²) in [7, 11) is 0. The molecule has 6 aromatic carbocycles. The van der Waals surface area contributed by atoms with Gasteiger partial charge in [0, 0.05) is 58.7 Å². The van der Waals surface area contributed by atoms with Crippen molar-refractivity contribution in [2.45, 2.75) is 19.3 Å². The van der Waals surface area contributed by atoms with E-state index in [9.17, 15) is 0 Å². The summed E-state index contributed by atoms with van der Waals surface area (Å²) in [6.07, 6.45) is 0. The number of rotatable bonds is 3. The van der Waals surface area contributed by atoms with E-state index in [2.05, 4.69) is 158 Å².